The third-order valence-electron chi connectivity index (χ3n) is 5.47. The van der Waals surface area contributed by atoms with Crippen molar-refractivity contribution in [1.82, 2.24) is 0 Å². The van der Waals surface area contributed by atoms with Gasteiger partial charge in [0.1, 0.15) is 5.78 Å². The van der Waals surface area contributed by atoms with Crippen LogP contribution in [-0.2, 0) is 4.79 Å². The number of benzene rings is 2. The molecule has 4 heteroatoms. The minimum absolute atomic E-state index is 0.00313. The Bertz CT molecular complexity index is 800. The van der Waals surface area contributed by atoms with Gasteiger partial charge in [-0.05, 0) is 42.7 Å². The third kappa shape index (κ3) is 5.30. The van der Waals surface area contributed by atoms with Gasteiger partial charge in [-0.15, -0.1) is 0 Å². The van der Waals surface area contributed by atoms with E-state index in [1.54, 1.807) is 12.1 Å². The number of hydrogen-bond acceptors (Lipinski definition) is 2. The first-order chi connectivity index (χ1) is 13.1. The Kier molecular flexibility index (Phi) is 7.26. The predicted molar refractivity (Wildman–Crippen MR) is 113 cm³/mol. The van der Waals surface area contributed by atoms with Crippen molar-refractivity contribution in [2.45, 2.75) is 50.9 Å². The van der Waals surface area contributed by atoms with Gasteiger partial charge in [0.15, 0.2) is 5.78 Å². The second kappa shape index (κ2) is 9.66. The van der Waals surface area contributed by atoms with Crippen molar-refractivity contribution in [2.75, 3.05) is 0 Å². The van der Waals surface area contributed by atoms with Crippen molar-refractivity contribution in [3.05, 3.63) is 69.2 Å². The molecule has 1 saturated carbocycles. The smallest absolute Gasteiger partial charge is 0.165 e. The largest absolute Gasteiger partial charge is 0.299 e. The average molecular weight is 448 g/mol. The summed E-state index contributed by atoms with van der Waals surface area (Å²) in [6.45, 7) is 0. The van der Waals surface area contributed by atoms with E-state index in [1.807, 2.05) is 36.4 Å². The summed E-state index contributed by atoms with van der Waals surface area (Å²) in [5, 5.41) is 0.473. The van der Waals surface area contributed by atoms with Gasteiger partial charge in [-0.1, -0.05) is 71.1 Å². The Morgan fingerprint density at radius 1 is 1.04 bits per heavy atom. The van der Waals surface area contributed by atoms with Crippen LogP contribution in [0, 0.1) is 5.92 Å². The van der Waals surface area contributed by atoms with Gasteiger partial charge in [0.25, 0.3) is 0 Å². The quantitative estimate of drug-likeness (QED) is 0.462. The summed E-state index contributed by atoms with van der Waals surface area (Å²) >= 11 is 9.71. The fourth-order valence-corrected chi connectivity index (χ4v) is 4.49. The molecule has 0 N–H and O–H groups in total. The molecule has 1 aliphatic rings. The van der Waals surface area contributed by atoms with Gasteiger partial charge in [-0.2, -0.15) is 0 Å². The van der Waals surface area contributed by atoms with Gasteiger partial charge in [-0.3, -0.25) is 9.59 Å². The van der Waals surface area contributed by atoms with Crippen molar-refractivity contribution < 1.29 is 9.59 Å². The second-order valence-electron chi connectivity index (χ2n) is 7.29. The van der Waals surface area contributed by atoms with E-state index in [-0.39, 0.29) is 17.6 Å². The molecule has 2 atom stereocenters. The molecular weight excluding hydrogens is 424 g/mol. The molecule has 0 unspecified atom stereocenters. The fraction of sp³-hybridized carbons (Fsp3) is 0.391. The van der Waals surface area contributed by atoms with Crippen molar-refractivity contribution >= 4 is 39.1 Å². The van der Waals surface area contributed by atoms with Gasteiger partial charge < -0.3 is 0 Å². The lowest BCUT2D eigenvalue weighted by Crippen LogP contribution is -2.26. The highest BCUT2D eigenvalue weighted by molar-refractivity contribution is 9.10. The Labute approximate surface area is 174 Å². The molecule has 0 saturated heterocycles. The van der Waals surface area contributed by atoms with Gasteiger partial charge in [-0.25, -0.2) is 0 Å². The molecule has 0 aromatic heterocycles. The lowest BCUT2D eigenvalue weighted by atomic mass is 9.75. The number of rotatable bonds is 5. The van der Waals surface area contributed by atoms with E-state index in [0.29, 0.717) is 29.2 Å². The highest BCUT2D eigenvalue weighted by Crippen LogP contribution is 2.37. The molecule has 2 aromatic rings. The Balaban J connectivity index is 1.91. The molecule has 2 aromatic carbocycles. The van der Waals surface area contributed by atoms with E-state index in [2.05, 4.69) is 15.9 Å². The highest BCUT2D eigenvalue weighted by atomic mass is 79.9. The fourth-order valence-electron chi connectivity index (χ4n) is 3.99. The SMILES string of the molecule is O=C(C[C@H](c1ccc(Br)cc1)[C@H]1CCCCCCC1=O)c1ccccc1Cl. The number of halogens is 2. The number of carbonyl (C=O) groups excluding carboxylic acids is 2. The Morgan fingerprint density at radius 2 is 1.74 bits per heavy atom. The van der Waals surface area contributed by atoms with Crippen LogP contribution in [-0.4, -0.2) is 11.6 Å². The molecular formula is C23H24BrClO2. The second-order valence-corrected chi connectivity index (χ2v) is 8.61. The van der Waals surface area contributed by atoms with E-state index >= 15 is 0 Å². The maximum absolute atomic E-state index is 13.0. The maximum atomic E-state index is 13.0. The summed E-state index contributed by atoms with van der Waals surface area (Å²) in [5.74, 6) is 0.100. The van der Waals surface area contributed by atoms with E-state index in [4.69, 9.17) is 11.6 Å². The van der Waals surface area contributed by atoms with Crippen LogP contribution in [0.3, 0.4) is 0 Å². The topological polar surface area (TPSA) is 34.1 Å². The summed E-state index contributed by atoms with van der Waals surface area (Å²) in [4.78, 5) is 25.9. The number of Topliss-reactive ketones (excluding diaryl/α,β-unsaturated/α-hetero) is 2. The summed E-state index contributed by atoms with van der Waals surface area (Å²) in [7, 11) is 0. The van der Waals surface area contributed by atoms with Crippen molar-refractivity contribution in [3.63, 3.8) is 0 Å². The molecule has 0 heterocycles. The molecule has 0 amide bonds. The first kappa shape index (κ1) is 20.3. The van der Waals surface area contributed by atoms with Gasteiger partial charge in [0.05, 0.1) is 5.02 Å². The molecule has 0 spiro atoms. The van der Waals surface area contributed by atoms with E-state index in [9.17, 15) is 9.59 Å². The normalized spacial score (nSPS) is 19.2. The molecule has 0 bridgehead atoms. The molecule has 3 rings (SSSR count). The number of ketones is 2. The van der Waals surface area contributed by atoms with Crippen molar-refractivity contribution in [3.8, 4) is 0 Å². The maximum Gasteiger partial charge on any atom is 0.165 e. The van der Waals surface area contributed by atoms with Gasteiger partial charge in [0.2, 0.25) is 0 Å². The first-order valence-corrected chi connectivity index (χ1v) is 10.8. The Morgan fingerprint density at radius 3 is 2.48 bits per heavy atom. The van der Waals surface area contributed by atoms with Crippen LogP contribution < -0.4 is 0 Å². The van der Waals surface area contributed by atoms with Crippen molar-refractivity contribution in [2.24, 2.45) is 5.92 Å². The molecule has 142 valence electrons. The minimum atomic E-state index is -0.104. The molecule has 2 nitrogen and oxygen atoms in total. The zero-order valence-corrected chi connectivity index (χ0v) is 17.6. The van der Waals surface area contributed by atoms with Crippen LogP contribution >= 0.6 is 27.5 Å². The molecule has 1 aliphatic carbocycles. The van der Waals surface area contributed by atoms with E-state index in [0.717, 1.165) is 42.1 Å². The molecule has 0 radical (unpaired) electrons. The van der Waals surface area contributed by atoms with E-state index < -0.39 is 0 Å². The van der Waals surface area contributed by atoms with Crippen LogP contribution in [0.25, 0.3) is 0 Å². The molecule has 0 aliphatic heterocycles. The molecule has 1 fully saturated rings. The number of carbonyl (C=O) groups is 2. The summed E-state index contributed by atoms with van der Waals surface area (Å²) in [6.07, 6.45) is 6.08. The van der Waals surface area contributed by atoms with Crippen LogP contribution in [0.1, 0.15) is 66.8 Å². The lowest BCUT2D eigenvalue weighted by molar-refractivity contribution is -0.124. The standard InChI is InChI=1S/C23H24BrClO2/c24-17-13-11-16(12-14-17)20(18-7-3-1-2-4-10-22(18)26)15-23(27)19-8-5-6-9-21(19)25/h5-6,8-9,11-14,18,20H,1-4,7,10,15H2/t18-,20-/m1/s1. The average Bonchev–Trinajstić information content (AvgIpc) is 2.65. The zero-order valence-electron chi connectivity index (χ0n) is 15.3. The summed E-state index contributed by atoms with van der Waals surface area (Å²) in [5.41, 5.74) is 1.59. The summed E-state index contributed by atoms with van der Waals surface area (Å²) < 4.78 is 0.992. The lowest BCUT2D eigenvalue weighted by Gasteiger charge is -2.28. The van der Waals surface area contributed by atoms with Crippen LogP contribution in [0.5, 0.6) is 0 Å². The van der Waals surface area contributed by atoms with Crippen LogP contribution in [0.15, 0.2) is 53.0 Å². The third-order valence-corrected chi connectivity index (χ3v) is 6.32. The summed E-state index contributed by atoms with van der Waals surface area (Å²) in [6, 6.07) is 15.2. The monoisotopic (exact) mass is 446 g/mol. The van der Waals surface area contributed by atoms with Crippen LogP contribution in [0.4, 0.5) is 0 Å². The highest BCUT2D eigenvalue weighted by Gasteiger charge is 2.31. The van der Waals surface area contributed by atoms with Crippen molar-refractivity contribution in [1.29, 1.82) is 0 Å². The van der Waals surface area contributed by atoms with Gasteiger partial charge >= 0.3 is 0 Å². The Hall–Kier alpha value is -1.45. The minimum Gasteiger partial charge on any atom is -0.299 e. The van der Waals surface area contributed by atoms with Crippen LogP contribution in [0.2, 0.25) is 5.02 Å². The zero-order chi connectivity index (χ0) is 19.2. The molecule has 27 heavy (non-hydrogen) atoms. The predicted octanol–water partition coefficient (Wildman–Crippen LogP) is 7.00. The number of hydrogen-bond donors (Lipinski definition) is 0. The van der Waals surface area contributed by atoms with E-state index in [1.165, 1.54) is 0 Å². The van der Waals surface area contributed by atoms with Gasteiger partial charge in [0, 0.05) is 34.7 Å². The first-order valence-electron chi connectivity index (χ1n) is 9.62.